The smallest absolute Gasteiger partial charge is 0.395 e. The van der Waals surface area contributed by atoms with Crippen molar-refractivity contribution in [3.05, 3.63) is 52.6 Å². The van der Waals surface area contributed by atoms with E-state index in [9.17, 15) is 10.1 Å². The Kier molecular flexibility index (Phi) is 2.57. The second-order valence-corrected chi connectivity index (χ2v) is 3.68. The summed E-state index contributed by atoms with van der Waals surface area (Å²) in [4.78, 5) is 14.0. The summed E-state index contributed by atoms with van der Waals surface area (Å²) in [6.45, 7) is 0. The first-order valence-corrected chi connectivity index (χ1v) is 5.38. The molecule has 1 aromatic carbocycles. The Morgan fingerprint density at radius 1 is 1.11 bits per heavy atom. The monoisotopic (exact) mass is 257 g/mol. The van der Waals surface area contributed by atoms with E-state index in [1.54, 1.807) is 0 Å². The van der Waals surface area contributed by atoms with Crippen LogP contribution in [0.3, 0.4) is 0 Å². The zero-order valence-electron chi connectivity index (χ0n) is 9.52. The molecule has 19 heavy (non-hydrogen) atoms. The van der Waals surface area contributed by atoms with E-state index < -0.39 is 4.92 Å². The predicted molar refractivity (Wildman–Crippen MR) is 64.1 cm³/mol. The number of hydrogen-bond donors (Lipinski definition) is 0. The minimum Gasteiger partial charge on any atom is -0.395 e. The van der Waals surface area contributed by atoms with Crippen LogP contribution >= 0.6 is 0 Å². The third kappa shape index (κ3) is 2.08. The molecule has 0 unspecified atom stereocenters. The summed E-state index contributed by atoms with van der Waals surface area (Å²) in [5.41, 5.74) is 0.790. The zero-order chi connectivity index (χ0) is 13.2. The van der Waals surface area contributed by atoms with Crippen LogP contribution in [0, 0.1) is 10.1 Å². The number of hydrogen-bond acceptors (Lipinski definition) is 6. The molecule has 7 nitrogen and oxygen atoms in total. The molecule has 0 fully saturated rings. The Labute approximate surface area is 106 Å². The van der Waals surface area contributed by atoms with Crippen LogP contribution in [0.25, 0.3) is 23.0 Å². The molecule has 94 valence electrons. The van der Waals surface area contributed by atoms with Gasteiger partial charge >= 0.3 is 5.88 Å². The van der Waals surface area contributed by atoms with Crippen LogP contribution in [0.1, 0.15) is 0 Å². The highest BCUT2D eigenvalue weighted by Crippen LogP contribution is 2.26. The first-order chi connectivity index (χ1) is 9.24. The molecule has 0 aliphatic carbocycles. The van der Waals surface area contributed by atoms with Gasteiger partial charge in [-0.15, -0.1) is 0 Å². The van der Waals surface area contributed by atoms with Gasteiger partial charge in [-0.3, -0.25) is 10.1 Å². The molecule has 3 aromatic rings. The molecular weight excluding hydrogens is 250 g/mol. The number of benzene rings is 1. The van der Waals surface area contributed by atoms with E-state index in [1.807, 2.05) is 30.3 Å². The number of rotatable bonds is 3. The quantitative estimate of drug-likeness (QED) is 0.528. The summed E-state index contributed by atoms with van der Waals surface area (Å²) in [5, 5.41) is 14.3. The van der Waals surface area contributed by atoms with E-state index >= 15 is 0 Å². The molecule has 0 aliphatic heterocycles. The molecule has 0 saturated carbocycles. The molecule has 2 heterocycles. The highest BCUT2D eigenvalue weighted by molar-refractivity contribution is 5.57. The fourth-order valence-electron chi connectivity index (χ4n) is 1.57. The van der Waals surface area contributed by atoms with E-state index in [-0.39, 0.29) is 17.5 Å². The molecular formula is C12H7N3O4. The summed E-state index contributed by atoms with van der Waals surface area (Å²) >= 11 is 0. The van der Waals surface area contributed by atoms with Crippen LogP contribution in [0.15, 0.2) is 51.4 Å². The van der Waals surface area contributed by atoms with Crippen LogP contribution in [0.5, 0.6) is 0 Å². The SMILES string of the molecule is O=[N+]([O-])c1ccc(-c2nc(-c3ccccc3)no2)o1. The van der Waals surface area contributed by atoms with E-state index in [0.29, 0.717) is 5.82 Å². The second-order valence-electron chi connectivity index (χ2n) is 3.68. The summed E-state index contributed by atoms with van der Waals surface area (Å²) in [6.07, 6.45) is 0. The largest absolute Gasteiger partial charge is 0.433 e. The van der Waals surface area contributed by atoms with Crippen molar-refractivity contribution in [2.75, 3.05) is 0 Å². The van der Waals surface area contributed by atoms with E-state index in [1.165, 1.54) is 12.1 Å². The number of aromatic nitrogens is 2. The van der Waals surface area contributed by atoms with Gasteiger partial charge in [0.2, 0.25) is 5.82 Å². The summed E-state index contributed by atoms with van der Waals surface area (Å²) in [6, 6.07) is 11.9. The lowest BCUT2D eigenvalue weighted by atomic mass is 10.2. The molecule has 0 spiro atoms. The Hall–Kier alpha value is -2.96. The van der Waals surface area contributed by atoms with E-state index in [2.05, 4.69) is 10.1 Å². The van der Waals surface area contributed by atoms with Crippen molar-refractivity contribution in [3.8, 4) is 23.0 Å². The van der Waals surface area contributed by atoms with Crippen molar-refractivity contribution < 1.29 is 13.9 Å². The van der Waals surface area contributed by atoms with E-state index in [4.69, 9.17) is 8.94 Å². The van der Waals surface area contributed by atoms with Crippen molar-refractivity contribution in [2.24, 2.45) is 0 Å². The lowest BCUT2D eigenvalue weighted by molar-refractivity contribution is -0.401. The maximum Gasteiger partial charge on any atom is 0.433 e. The highest BCUT2D eigenvalue weighted by atomic mass is 16.6. The lowest BCUT2D eigenvalue weighted by Crippen LogP contribution is -1.82. The molecule has 7 heteroatoms. The third-order valence-corrected chi connectivity index (χ3v) is 2.44. The Balaban J connectivity index is 1.94. The average molecular weight is 257 g/mol. The van der Waals surface area contributed by atoms with E-state index in [0.717, 1.165) is 5.56 Å². The standard InChI is InChI=1S/C12H7N3O4/c16-15(17)10-7-6-9(18-10)12-13-11(14-19-12)8-4-2-1-3-5-8/h1-7H. The molecule has 3 rings (SSSR count). The van der Waals surface area contributed by atoms with Crippen LogP contribution in [0.2, 0.25) is 0 Å². The number of nitrogens with zero attached hydrogens (tertiary/aromatic N) is 3. The van der Waals surface area contributed by atoms with Gasteiger partial charge in [0.1, 0.15) is 4.92 Å². The van der Waals surface area contributed by atoms with Crippen LogP contribution < -0.4 is 0 Å². The fraction of sp³-hybridized carbons (Fsp3) is 0. The third-order valence-electron chi connectivity index (χ3n) is 2.44. The molecule has 2 aromatic heterocycles. The predicted octanol–water partition coefficient (Wildman–Crippen LogP) is 2.90. The van der Waals surface area contributed by atoms with Crippen molar-refractivity contribution in [2.45, 2.75) is 0 Å². The molecule has 0 bridgehead atoms. The Morgan fingerprint density at radius 2 is 1.89 bits per heavy atom. The van der Waals surface area contributed by atoms with Gasteiger partial charge in [-0.25, -0.2) is 0 Å². The lowest BCUT2D eigenvalue weighted by Gasteiger charge is -1.90. The molecule has 0 N–H and O–H groups in total. The van der Waals surface area contributed by atoms with Crippen molar-refractivity contribution in [1.82, 2.24) is 10.1 Å². The van der Waals surface area contributed by atoms with Gasteiger partial charge in [0.15, 0.2) is 5.76 Å². The van der Waals surface area contributed by atoms with Crippen LogP contribution in [0.4, 0.5) is 5.88 Å². The van der Waals surface area contributed by atoms with Gasteiger partial charge in [-0.2, -0.15) is 4.98 Å². The molecule has 0 radical (unpaired) electrons. The molecule has 0 saturated heterocycles. The number of furan rings is 1. The summed E-state index contributed by atoms with van der Waals surface area (Å²) in [5.74, 6) is 0.303. The first kappa shape index (κ1) is 11.1. The van der Waals surface area contributed by atoms with Gasteiger partial charge in [0.05, 0.1) is 6.07 Å². The molecule has 0 atom stereocenters. The van der Waals surface area contributed by atoms with Crippen molar-refractivity contribution in [1.29, 1.82) is 0 Å². The number of nitro groups is 1. The van der Waals surface area contributed by atoms with Crippen molar-refractivity contribution in [3.63, 3.8) is 0 Å². The minimum atomic E-state index is -0.627. The maximum atomic E-state index is 10.5. The average Bonchev–Trinajstić information content (AvgIpc) is 3.09. The van der Waals surface area contributed by atoms with Gasteiger partial charge < -0.3 is 8.94 Å². The van der Waals surface area contributed by atoms with Gasteiger partial charge in [0.25, 0.3) is 5.89 Å². The van der Waals surface area contributed by atoms with Gasteiger partial charge in [-0.1, -0.05) is 35.5 Å². The molecule has 0 amide bonds. The normalized spacial score (nSPS) is 10.5. The summed E-state index contributed by atoms with van der Waals surface area (Å²) < 4.78 is 10.0. The zero-order valence-corrected chi connectivity index (χ0v) is 9.52. The van der Waals surface area contributed by atoms with Crippen LogP contribution in [-0.2, 0) is 0 Å². The van der Waals surface area contributed by atoms with Gasteiger partial charge in [0, 0.05) is 5.56 Å². The van der Waals surface area contributed by atoms with Crippen molar-refractivity contribution >= 4 is 5.88 Å². The minimum absolute atomic E-state index is 0.104. The van der Waals surface area contributed by atoms with Gasteiger partial charge in [-0.05, 0) is 6.07 Å². The Bertz CT molecular complexity index is 717. The fourth-order valence-corrected chi connectivity index (χ4v) is 1.57. The maximum absolute atomic E-state index is 10.5. The van der Waals surface area contributed by atoms with Crippen LogP contribution in [-0.4, -0.2) is 15.1 Å². The Morgan fingerprint density at radius 3 is 2.58 bits per heavy atom. The molecule has 0 aliphatic rings. The first-order valence-electron chi connectivity index (χ1n) is 5.38. The topological polar surface area (TPSA) is 95.2 Å². The summed E-state index contributed by atoms with van der Waals surface area (Å²) in [7, 11) is 0. The highest BCUT2D eigenvalue weighted by Gasteiger charge is 2.18. The second kappa shape index (κ2) is 4.37.